The molecule has 3 aromatic heterocycles. The number of fused-ring (bicyclic) bond motifs is 1. The van der Waals surface area contributed by atoms with Gasteiger partial charge in [0.25, 0.3) is 17.3 Å². The summed E-state index contributed by atoms with van der Waals surface area (Å²) in [6.45, 7) is 4.50. The van der Waals surface area contributed by atoms with Crippen molar-refractivity contribution >= 4 is 46.0 Å². The summed E-state index contributed by atoms with van der Waals surface area (Å²) >= 11 is 5.78. The SMILES string of the molecule is Cc1cc(-c2cc(C(=O)OCC(=O)Nc3ccc(Cl)cc3[N+](=O)[O-])c3c(C)noc3n2)c(C)o1. The molecule has 34 heavy (non-hydrogen) atoms. The zero-order valence-corrected chi connectivity index (χ0v) is 18.9. The van der Waals surface area contributed by atoms with E-state index >= 15 is 0 Å². The van der Waals surface area contributed by atoms with Crippen molar-refractivity contribution in [2.75, 3.05) is 11.9 Å². The number of hydrogen-bond acceptors (Lipinski definition) is 9. The first-order valence-electron chi connectivity index (χ1n) is 9.89. The lowest BCUT2D eigenvalue weighted by atomic mass is 10.1. The first-order chi connectivity index (χ1) is 16.1. The average molecular weight is 485 g/mol. The van der Waals surface area contributed by atoms with Crippen molar-refractivity contribution in [1.82, 2.24) is 10.1 Å². The fourth-order valence-corrected chi connectivity index (χ4v) is 3.60. The number of anilines is 1. The van der Waals surface area contributed by atoms with Crippen molar-refractivity contribution < 1.29 is 28.2 Å². The zero-order chi connectivity index (χ0) is 24.6. The molecule has 174 valence electrons. The number of furan rings is 1. The van der Waals surface area contributed by atoms with Gasteiger partial charge >= 0.3 is 5.97 Å². The monoisotopic (exact) mass is 484 g/mol. The van der Waals surface area contributed by atoms with Gasteiger partial charge in [0.1, 0.15) is 17.2 Å². The van der Waals surface area contributed by atoms with Gasteiger partial charge in [0.15, 0.2) is 6.61 Å². The number of pyridine rings is 1. The fraction of sp³-hybridized carbons (Fsp3) is 0.182. The number of hydrogen-bond donors (Lipinski definition) is 1. The number of amides is 1. The predicted molar refractivity (Wildman–Crippen MR) is 121 cm³/mol. The largest absolute Gasteiger partial charge is 0.466 e. The van der Waals surface area contributed by atoms with Crippen molar-refractivity contribution in [2.45, 2.75) is 20.8 Å². The molecule has 0 aliphatic heterocycles. The van der Waals surface area contributed by atoms with Gasteiger partial charge in [-0.2, -0.15) is 0 Å². The molecule has 0 aliphatic rings. The Morgan fingerprint density at radius 2 is 1.97 bits per heavy atom. The van der Waals surface area contributed by atoms with Crippen LogP contribution in [0, 0.1) is 30.9 Å². The van der Waals surface area contributed by atoms with E-state index in [9.17, 15) is 19.7 Å². The standard InChI is InChI=1S/C22H17ClN4O7/c1-10-6-14(12(3)33-10)17-8-15(20-11(2)26-34-21(20)25-17)22(29)32-9-19(28)24-16-5-4-13(23)7-18(16)27(30)31/h4-8H,9H2,1-3H3,(H,24,28). The molecule has 0 bridgehead atoms. The van der Waals surface area contributed by atoms with Crippen molar-refractivity contribution in [3.8, 4) is 11.3 Å². The van der Waals surface area contributed by atoms with Gasteiger partial charge in [0.2, 0.25) is 0 Å². The molecule has 0 saturated carbocycles. The van der Waals surface area contributed by atoms with Crippen LogP contribution in [-0.4, -0.2) is 33.5 Å². The predicted octanol–water partition coefficient (Wildman–Crippen LogP) is 4.77. The number of carbonyl (C=O) groups excluding carboxylic acids is 2. The maximum atomic E-state index is 12.9. The number of nitrogens with one attached hydrogen (secondary N) is 1. The minimum Gasteiger partial charge on any atom is -0.466 e. The number of ether oxygens (including phenoxy) is 1. The number of esters is 1. The smallest absolute Gasteiger partial charge is 0.339 e. The van der Waals surface area contributed by atoms with E-state index in [-0.39, 0.29) is 22.0 Å². The van der Waals surface area contributed by atoms with Gasteiger partial charge in [-0.05, 0) is 45.0 Å². The third-order valence-corrected chi connectivity index (χ3v) is 5.15. The number of nitro groups is 1. The molecule has 0 aliphatic carbocycles. The molecule has 4 rings (SSSR count). The summed E-state index contributed by atoms with van der Waals surface area (Å²) in [5, 5.41) is 17.9. The Morgan fingerprint density at radius 1 is 1.21 bits per heavy atom. The van der Waals surface area contributed by atoms with Gasteiger partial charge in [-0.15, -0.1) is 0 Å². The second-order valence-corrected chi connectivity index (χ2v) is 7.81. The van der Waals surface area contributed by atoms with Crippen molar-refractivity contribution in [2.24, 2.45) is 0 Å². The number of nitro benzene ring substituents is 1. The minimum atomic E-state index is -0.821. The van der Waals surface area contributed by atoms with E-state index in [0.717, 1.165) is 6.07 Å². The Morgan fingerprint density at radius 3 is 2.65 bits per heavy atom. The van der Waals surface area contributed by atoms with E-state index in [1.807, 2.05) is 0 Å². The third-order valence-electron chi connectivity index (χ3n) is 4.92. The normalized spacial score (nSPS) is 10.9. The molecule has 12 heteroatoms. The van der Waals surface area contributed by atoms with E-state index in [1.54, 1.807) is 26.8 Å². The van der Waals surface area contributed by atoms with Crippen molar-refractivity contribution in [3.05, 3.63) is 68.2 Å². The summed E-state index contributed by atoms with van der Waals surface area (Å²) in [4.78, 5) is 40.2. The van der Waals surface area contributed by atoms with E-state index < -0.39 is 29.1 Å². The lowest BCUT2D eigenvalue weighted by Crippen LogP contribution is -2.21. The maximum absolute atomic E-state index is 12.9. The molecule has 0 atom stereocenters. The Kier molecular flexibility index (Phi) is 6.03. The summed E-state index contributed by atoms with van der Waals surface area (Å²) in [6, 6.07) is 7.06. The van der Waals surface area contributed by atoms with Gasteiger partial charge in [-0.25, -0.2) is 9.78 Å². The number of aromatic nitrogens is 2. The van der Waals surface area contributed by atoms with Crippen LogP contribution in [0.15, 0.2) is 39.3 Å². The quantitative estimate of drug-likeness (QED) is 0.232. The van der Waals surface area contributed by atoms with E-state index in [2.05, 4.69) is 15.5 Å². The Bertz CT molecular complexity index is 1460. The lowest BCUT2D eigenvalue weighted by Gasteiger charge is -2.09. The highest BCUT2D eigenvalue weighted by atomic mass is 35.5. The van der Waals surface area contributed by atoms with E-state index in [1.165, 1.54) is 18.2 Å². The number of aryl methyl sites for hydroxylation is 3. The Hall–Kier alpha value is -4.25. The molecule has 3 heterocycles. The fourth-order valence-electron chi connectivity index (χ4n) is 3.44. The van der Waals surface area contributed by atoms with Crippen LogP contribution >= 0.6 is 11.6 Å². The van der Waals surface area contributed by atoms with Gasteiger partial charge in [0, 0.05) is 16.7 Å². The lowest BCUT2D eigenvalue weighted by molar-refractivity contribution is -0.383. The van der Waals surface area contributed by atoms with Crippen LogP contribution in [0.5, 0.6) is 0 Å². The molecule has 0 saturated heterocycles. The topological polar surface area (TPSA) is 151 Å². The zero-order valence-electron chi connectivity index (χ0n) is 18.2. The highest BCUT2D eigenvalue weighted by Gasteiger charge is 2.23. The first-order valence-corrected chi connectivity index (χ1v) is 10.3. The molecular formula is C22H17ClN4O7. The van der Waals surface area contributed by atoms with Crippen LogP contribution < -0.4 is 5.32 Å². The molecular weight excluding hydrogens is 468 g/mol. The summed E-state index contributed by atoms with van der Waals surface area (Å²) in [5.74, 6) is -0.324. The number of carbonyl (C=O) groups is 2. The highest BCUT2D eigenvalue weighted by molar-refractivity contribution is 6.31. The second kappa shape index (κ2) is 8.94. The van der Waals surface area contributed by atoms with Crippen LogP contribution in [0.4, 0.5) is 11.4 Å². The van der Waals surface area contributed by atoms with Crippen LogP contribution in [0.25, 0.3) is 22.4 Å². The van der Waals surface area contributed by atoms with Crippen LogP contribution in [0.2, 0.25) is 5.02 Å². The van der Waals surface area contributed by atoms with Crippen LogP contribution in [-0.2, 0) is 9.53 Å². The van der Waals surface area contributed by atoms with E-state index in [0.29, 0.717) is 33.9 Å². The summed E-state index contributed by atoms with van der Waals surface area (Å²) in [7, 11) is 0. The molecule has 0 spiro atoms. The Balaban J connectivity index is 1.58. The number of nitrogens with zero attached hydrogens (tertiary/aromatic N) is 3. The van der Waals surface area contributed by atoms with E-state index in [4.69, 9.17) is 25.3 Å². The van der Waals surface area contributed by atoms with Crippen molar-refractivity contribution in [1.29, 1.82) is 0 Å². The molecule has 0 unspecified atom stereocenters. The molecule has 0 fully saturated rings. The number of benzene rings is 1. The second-order valence-electron chi connectivity index (χ2n) is 7.37. The molecule has 1 aromatic carbocycles. The number of rotatable bonds is 6. The summed E-state index contributed by atoms with van der Waals surface area (Å²) in [5.41, 5.74) is 1.25. The van der Waals surface area contributed by atoms with Gasteiger partial charge < -0.3 is 19.0 Å². The molecule has 11 nitrogen and oxygen atoms in total. The first kappa shape index (κ1) is 22.9. The minimum absolute atomic E-state index is 0.0790. The molecule has 0 radical (unpaired) electrons. The summed E-state index contributed by atoms with van der Waals surface area (Å²) < 4.78 is 16.0. The maximum Gasteiger partial charge on any atom is 0.339 e. The molecule has 4 aromatic rings. The molecule has 1 N–H and O–H groups in total. The Labute approximate surface area is 196 Å². The van der Waals surface area contributed by atoms with Crippen LogP contribution in [0.1, 0.15) is 27.6 Å². The van der Waals surface area contributed by atoms with Gasteiger partial charge in [-0.1, -0.05) is 16.8 Å². The van der Waals surface area contributed by atoms with Gasteiger partial charge in [0.05, 0.1) is 27.3 Å². The van der Waals surface area contributed by atoms with Crippen LogP contribution in [0.3, 0.4) is 0 Å². The van der Waals surface area contributed by atoms with Crippen molar-refractivity contribution in [3.63, 3.8) is 0 Å². The van der Waals surface area contributed by atoms with Gasteiger partial charge in [-0.3, -0.25) is 14.9 Å². The third kappa shape index (κ3) is 4.46. The highest BCUT2D eigenvalue weighted by Crippen LogP contribution is 2.31. The average Bonchev–Trinajstić information content (AvgIpc) is 3.33. The molecule has 1 amide bonds. The number of halogens is 1. The summed E-state index contributed by atoms with van der Waals surface area (Å²) in [6.07, 6.45) is 0.